The summed E-state index contributed by atoms with van der Waals surface area (Å²) in [5, 5.41) is 26.6. The maximum atomic E-state index is 13.2. The number of aliphatic carboxylic acids is 1. The number of amides is 2. The van der Waals surface area contributed by atoms with Crippen molar-refractivity contribution in [3.8, 4) is 5.88 Å². The maximum absolute atomic E-state index is 13.2. The van der Waals surface area contributed by atoms with Crippen LogP contribution in [0.4, 0.5) is 0 Å². The highest BCUT2D eigenvalue weighted by Crippen LogP contribution is 2.47. The minimum absolute atomic E-state index is 0.0197. The Hall–Kier alpha value is -3.16. The SMILES string of the molecule is CCS(=O)(=O)Oc1cc(CC(=O)N[C@]2(OC)C(=O)N3C(C(=O)O)=C(CSc4nnnn4C)CS[C@H]32)on1. The van der Waals surface area contributed by atoms with E-state index in [9.17, 15) is 27.9 Å². The summed E-state index contributed by atoms with van der Waals surface area (Å²) in [6.07, 6.45) is -0.409. The molecule has 0 aliphatic carbocycles. The number of methoxy groups -OCH3 is 1. The first-order chi connectivity index (χ1) is 17.5. The van der Waals surface area contributed by atoms with E-state index in [-0.39, 0.29) is 34.6 Å². The van der Waals surface area contributed by atoms with E-state index in [0.29, 0.717) is 10.7 Å². The number of carboxylic acid groups (broad SMARTS) is 1. The zero-order valence-corrected chi connectivity index (χ0v) is 22.1. The lowest BCUT2D eigenvalue weighted by atomic mass is 9.98. The van der Waals surface area contributed by atoms with Gasteiger partial charge < -0.3 is 23.9 Å². The summed E-state index contributed by atoms with van der Waals surface area (Å²) in [6, 6.07) is 1.14. The number of ether oxygens (including phenoxy) is 1. The van der Waals surface area contributed by atoms with Crippen molar-refractivity contribution in [2.75, 3.05) is 24.4 Å². The van der Waals surface area contributed by atoms with Crippen molar-refractivity contribution in [3.05, 3.63) is 23.1 Å². The van der Waals surface area contributed by atoms with Crippen molar-refractivity contribution >= 4 is 51.4 Å². The molecule has 1 fully saturated rings. The molecule has 1 saturated heterocycles. The van der Waals surface area contributed by atoms with Gasteiger partial charge in [-0.2, -0.15) is 8.42 Å². The molecular weight excluding hydrogens is 554 g/mol. The summed E-state index contributed by atoms with van der Waals surface area (Å²) in [6.45, 7) is 1.39. The van der Waals surface area contributed by atoms with Gasteiger partial charge in [0.15, 0.2) is 0 Å². The molecule has 4 rings (SSSR count). The number of hydrogen-bond donors (Lipinski definition) is 2. The fourth-order valence-corrected chi connectivity index (χ4v) is 6.45. The third-order valence-corrected chi connectivity index (χ3v) is 8.96. The molecule has 0 saturated carbocycles. The highest BCUT2D eigenvalue weighted by atomic mass is 32.2. The van der Waals surface area contributed by atoms with Gasteiger partial charge in [0.1, 0.15) is 16.8 Å². The number of thioether (sulfide) groups is 2. The van der Waals surface area contributed by atoms with E-state index >= 15 is 0 Å². The summed E-state index contributed by atoms with van der Waals surface area (Å²) in [7, 11) is -0.960. The van der Waals surface area contributed by atoms with Crippen LogP contribution in [0.25, 0.3) is 0 Å². The van der Waals surface area contributed by atoms with Crippen molar-refractivity contribution < 1.29 is 41.4 Å². The predicted molar refractivity (Wildman–Crippen MR) is 125 cm³/mol. The first-order valence-electron chi connectivity index (χ1n) is 10.5. The van der Waals surface area contributed by atoms with Crippen LogP contribution in [0.2, 0.25) is 0 Å². The van der Waals surface area contributed by atoms with Gasteiger partial charge in [-0.1, -0.05) is 11.8 Å². The molecule has 37 heavy (non-hydrogen) atoms. The van der Waals surface area contributed by atoms with Gasteiger partial charge >= 0.3 is 16.1 Å². The third-order valence-electron chi connectivity index (χ3n) is 5.35. The number of β-lactam (4-membered cyclic amide) rings is 1. The van der Waals surface area contributed by atoms with Crippen molar-refractivity contribution in [1.82, 2.24) is 35.6 Å². The zero-order valence-electron chi connectivity index (χ0n) is 19.6. The lowest BCUT2D eigenvalue weighted by Crippen LogP contribution is -2.80. The smallest absolute Gasteiger partial charge is 0.352 e. The molecule has 2 aliphatic heterocycles. The molecule has 19 heteroatoms. The van der Waals surface area contributed by atoms with Crippen molar-refractivity contribution in [2.24, 2.45) is 7.05 Å². The number of carbonyl (C=O) groups excluding carboxylic acids is 2. The van der Waals surface area contributed by atoms with Crippen LogP contribution in [0.15, 0.2) is 27.0 Å². The Labute approximate surface area is 218 Å². The number of fused-ring (bicyclic) bond motifs is 1. The molecule has 2 N–H and O–H groups in total. The Kier molecular flexibility index (Phi) is 7.49. The van der Waals surface area contributed by atoms with Crippen LogP contribution in [0, 0.1) is 0 Å². The minimum Gasteiger partial charge on any atom is -0.477 e. The number of hydrogen-bond acceptors (Lipinski definition) is 14. The highest BCUT2D eigenvalue weighted by molar-refractivity contribution is 8.01. The van der Waals surface area contributed by atoms with Gasteiger partial charge in [0.25, 0.3) is 17.5 Å². The van der Waals surface area contributed by atoms with Crippen LogP contribution >= 0.6 is 23.5 Å². The summed E-state index contributed by atoms with van der Waals surface area (Å²) >= 11 is 2.45. The van der Waals surface area contributed by atoms with E-state index in [1.54, 1.807) is 7.05 Å². The average Bonchev–Trinajstić information content (AvgIpc) is 3.47. The summed E-state index contributed by atoms with van der Waals surface area (Å²) in [4.78, 5) is 39.1. The molecule has 0 aromatic carbocycles. The first-order valence-corrected chi connectivity index (χ1v) is 14.1. The Morgan fingerprint density at radius 2 is 2.19 bits per heavy atom. The molecular formula is C18H21N7O9S3. The fraction of sp³-hybridized carbons (Fsp3) is 0.500. The van der Waals surface area contributed by atoms with E-state index in [1.165, 1.54) is 42.2 Å². The average molecular weight is 576 g/mol. The number of carboxylic acids is 1. The molecule has 0 bridgehead atoms. The molecule has 16 nitrogen and oxygen atoms in total. The monoisotopic (exact) mass is 575 g/mol. The molecule has 0 unspecified atom stereocenters. The van der Waals surface area contributed by atoms with Crippen LogP contribution in [-0.2, 0) is 42.7 Å². The topological polar surface area (TPSA) is 209 Å². The quantitative estimate of drug-likeness (QED) is 0.142. The number of nitrogens with one attached hydrogen (secondary N) is 1. The second kappa shape index (κ2) is 10.3. The lowest BCUT2D eigenvalue weighted by Gasteiger charge is -2.55. The molecule has 2 aromatic heterocycles. The number of aryl methyl sites for hydroxylation is 1. The van der Waals surface area contributed by atoms with E-state index < -0.39 is 45.4 Å². The Balaban J connectivity index is 1.47. The molecule has 2 atom stereocenters. The lowest BCUT2D eigenvalue weighted by molar-refractivity contribution is -0.192. The number of aromatic nitrogens is 5. The number of tetrazole rings is 1. The summed E-state index contributed by atoms with van der Waals surface area (Å²) in [5.41, 5.74) is -1.51. The first kappa shape index (κ1) is 26.9. The van der Waals surface area contributed by atoms with Crippen LogP contribution in [0.5, 0.6) is 5.88 Å². The molecule has 2 aliphatic rings. The van der Waals surface area contributed by atoms with E-state index in [1.807, 2.05) is 0 Å². The largest absolute Gasteiger partial charge is 0.477 e. The van der Waals surface area contributed by atoms with Gasteiger partial charge in [0, 0.05) is 31.7 Å². The second-order valence-corrected chi connectivity index (χ2v) is 11.6. The van der Waals surface area contributed by atoms with Crippen LogP contribution in [-0.4, -0.2) is 97.0 Å². The summed E-state index contributed by atoms with van der Waals surface area (Å²) < 4.78 is 39.6. The molecule has 4 heterocycles. The van der Waals surface area contributed by atoms with Crippen LogP contribution < -0.4 is 9.50 Å². The molecule has 200 valence electrons. The molecule has 0 spiro atoms. The van der Waals surface area contributed by atoms with Gasteiger partial charge in [-0.05, 0) is 28.1 Å². The van der Waals surface area contributed by atoms with E-state index in [4.69, 9.17) is 13.4 Å². The van der Waals surface area contributed by atoms with Crippen LogP contribution in [0.1, 0.15) is 12.7 Å². The van der Waals surface area contributed by atoms with Gasteiger partial charge in [-0.3, -0.25) is 14.5 Å². The minimum atomic E-state index is -3.83. The zero-order chi connectivity index (χ0) is 27.0. The van der Waals surface area contributed by atoms with Crippen LogP contribution in [0.3, 0.4) is 0 Å². The number of rotatable bonds is 11. The number of nitrogens with zero attached hydrogens (tertiary/aromatic N) is 6. The molecule has 2 amide bonds. The second-order valence-electron chi connectivity index (χ2n) is 7.70. The normalized spacial score (nSPS) is 21.4. The molecule has 2 aromatic rings. The van der Waals surface area contributed by atoms with Gasteiger partial charge in [0.2, 0.25) is 11.1 Å². The predicted octanol–water partition coefficient (Wildman–Crippen LogP) is -1.03. The number of carbonyl (C=O) groups is 3. The van der Waals surface area contributed by atoms with Crippen molar-refractivity contribution in [1.29, 1.82) is 0 Å². The van der Waals surface area contributed by atoms with Crippen molar-refractivity contribution in [2.45, 2.75) is 29.6 Å². The Morgan fingerprint density at radius 3 is 2.81 bits per heavy atom. The third kappa shape index (κ3) is 5.15. The Morgan fingerprint density at radius 1 is 1.43 bits per heavy atom. The highest BCUT2D eigenvalue weighted by Gasteiger charge is 2.66. The standard InChI is InChI=1S/C18H21N7O9S3/c1-4-37(30,31)34-12-6-10(33-21-12)5-11(26)19-18(32-3)15(29)25-13(14(27)28)9(7-35-16(18)25)8-36-17-20-22-23-24(17)2/h6,16H,4-5,7-8H2,1-3H3,(H,19,26)(H,27,28)/t16-,18-/m0/s1. The summed E-state index contributed by atoms with van der Waals surface area (Å²) in [5.74, 6) is -2.90. The molecule has 0 radical (unpaired) electrons. The van der Waals surface area contributed by atoms with Gasteiger partial charge in [-0.25, -0.2) is 9.48 Å². The Bertz CT molecular complexity index is 1370. The van der Waals surface area contributed by atoms with E-state index in [0.717, 1.165) is 11.0 Å². The van der Waals surface area contributed by atoms with Gasteiger partial charge in [-0.15, -0.1) is 16.9 Å². The maximum Gasteiger partial charge on any atom is 0.352 e. The van der Waals surface area contributed by atoms with E-state index in [2.05, 4.69) is 26.0 Å². The van der Waals surface area contributed by atoms with Crippen molar-refractivity contribution in [3.63, 3.8) is 0 Å². The van der Waals surface area contributed by atoms with Gasteiger partial charge in [0.05, 0.1) is 12.2 Å². The fourth-order valence-electron chi connectivity index (χ4n) is 3.56.